The van der Waals surface area contributed by atoms with E-state index in [1.54, 1.807) is 19.0 Å². The Morgan fingerprint density at radius 1 is 1.23 bits per heavy atom. The molecular formula is C22H32N6O3. The van der Waals surface area contributed by atoms with Crippen LogP contribution in [0.15, 0.2) is 24.4 Å². The van der Waals surface area contributed by atoms with E-state index in [1.807, 2.05) is 33.7 Å². The molecule has 2 fully saturated rings. The van der Waals surface area contributed by atoms with Gasteiger partial charge in [-0.05, 0) is 37.9 Å². The maximum Gasteiger partial charge on any atom is 0.320 e. The summed E-state index contributed by atoms with van der Waals surface area (Å²) >= 11 is 0. The number of likely N-dealkylation sites (tertiary alicyclic amines) is 1. The van der Waals surface area contributed by atoms with Gasteiger partial charge in [-0.1, -0.05) is 6.07 Å². The van der Waals surface area contributed by atoms with Crippen molar-refractivity contribution in [3.8, 4) is 0 Å². The summed E-state index contributed by atoms with van der Waals surface area (Å²) in [5, 5.41) is 3.03. The predicted octanol–water partition coefficient (Wildman–Crippen LogP) is 1.60. The maximum absolute atomic E-state index is 13.0. The molecule has 31 heavy (non-hydrogen) atoms. The first-order valence-corrected chi connectivity index (χ1v) is 11.1. The summed E-state index contributed by atoms with van der Waals surface area (Å²) in [5.41, 5.74) is 1.19. The van der Waals surface area contributed by atoms with E-state index < -0.39 is 0 Å². The van der Waals surface area contributed by atoms with E-state index in [2.05, 4.69) is 10.2 Å². The highest BCUT2D eigenvalue weighted by molar-refractivity contribution is 5.99. The molecule has 2 aromatic rings. The molecule has 4 rings (SSSR count). The minimum absolute atomic E-state index is 0.0238. The predicted molar refractivity (Wildman–Crippen MR) is 117 cm³/mol. The van der Waals surface area contributed by atoms with Gasteiger partial charge in [0, 0.05) is 46.5 Å². The van der Waals surface area contributed by atoms with Crippen molar-refractivity contribution >= 4 is 17.5 Å². The fraction of sp³-hybridized carbons (Fsp3) is 0.591. The second-order valence-corrected chi connectivity index (χ2v) is 8.37. The van der Waals surface area contributed by atoms with Crippen LogP contribution in [0.2, 0.25) is 0 Å². The Kier molecular flexibility index (Phi) is 6.72. The molecule has 2 aliphatic rings. The topological polar surface area (TPSA) is 82.4 Å². The second-order valence-electron chi connectivity index (χ2n) is 8.37. The normalized spacial score (nSPS) is 19.7. The van der Waals surface area contributed by atoms with Gasteiger partial charge < -0.3 is 24.3 Å². The molecule has 0 aliphatic carbocycles. The maximum atomic E-state index is 13.0. The van der Waals surface area contributed by atoms with Crippen LogP contribution in [-0.2, 0) is 4.74 Å². The van der Waals surface area contributed by atoms with Crippen molar-refractivity contribution < 1.29 is 14.3 Å². The molecule has 3 amide bonds. The second kappa shape index (κ2) is 9.65. The lowest BCUT2D eigenvalue weighted by Gasteiger charge is -2.27. The molecule has 0 unspecified atom stereocenters. The number of nitrogens with zero attached hydrogens (tertiary/aromatic N) is 5. The molecule has 4 heterocycles. The number of imidazole rings is 1. The molecule has 9 nitrogen and oxygen atoms in total. The van der Waals surface area contributed by atoms with Crippen LogP contribution in [-0.4, -0.2) is 96.1 Å². The monoisotopic (exact) mass is 428 g/mol. The van der Waals surface area contributed by atoms with Gasteiger partial charge in [0.25, 0.3) is 5.91 Å². The third-order valence-corrected chi connectivity index (χ3v) is 6.01. The van der Waals surface area contributed by atoms with Crippen molar-refractivity contribution in [1.29, 1.82) is 0 Å². The Balaban J connectivity index is 1.47. The number of urea groups is 1. The summed E-state index contributed by atoms with van der Waals surface area (Å²) in [4.78, 5) is 36.1. The van der Waals surface area contributed by atoms with Gasteiger partial charge in [0.1, 0.15) is 5.82 Å². The fourth-order valence-electron chi connectivity index (χ4n) is 4.40. The summed E-state index contributed by atoms with van der Waals surface area (Å²) in [6.45, 7) is 5.72. The van der Waals surface area contributed by atoms with Crippen molar-refractivity contribution in [1.82, 2.24) is 29.4 Å². The van der Waals surface area contributed by atoms with E-state index in [4.69, 9.17) is 9.72 Å². The van der Waals surface area contributed by atoms with Crippen molar-refractivity contribution in [3.05, 3.63) is 35.9 Å². The SMILES string of the molecule is CN(C)C(=O)N1CCC[C@H]1c1nc(C(=O)NCCCN2CCOCC2)c2ccccn12. The molecule has 9 heteroatoms. The van der Waals surface area contributed by atoms with Crippen molar-refractivity contribution in [3.63, 3.8) is 0 Å². The van der Waals surface area contributed by atoms with Gasteiger partial charge in [0.05, 0.1) is 24.8 Å². The number of aromatic nitrogens is 2. The van der Waals surface area contributed by atoms with Crippen LogP contribution in [0.1, 0.15) is 41.6 Å². The first-order valence-electron chi connectivity index (χ1n) is 11.1. The Hall–Kier alpha value is -2.65. The first kappa shape index (κ1) is 21.6. The molecule has 0 aromatic carbocycles. The quantitative estimate of drug-likeness (QED) is 0.707. The standard InChI is InChI=1S/C22H32N6O3/c1-25(2)22(30)28-12-5-8-18(28)20-24-19(17-7-3-4-11-27(17)20)21(29)23-9-6-10-26-13-15-31-16-14-26/h3-4,7,11,18H,5-6,8-10,12-16H2,1-2H3,(H,23,29)/t18-/m0/s1. The summed E-state index contributed by atoms with van der Waals surface area (Å²) < 4.78 is 7.33. The third-order valence-electron chi connectivity index (χ3n) is 6.01. The van der Waals surface area contributed by atoms with Gasteiger partial charge >= 0.3 is 6.03 Å². The van der Waals surface area contributed by atoms with Gasteiger partial charge in [0.2, 0.25) is 0 Å². The van der Waals surface area contributed by atoms with Crippen molar-refractivity contribution in [2.45, 2.75) is 25.3 Å². The number of fused-ring (bicyclic) bond motifs is 1. The zero-order valence-electron chi connectivity index (χ0n) is 18.4. The number of rotatable bonds is 6. The van der Waals surface area contributed by atoms with Crippen LogP contribution >= 0.6 is 0 Å². The number of morpholine rings is 1. The molecule has 1 atom stereocenters. The molecule has 168 valence electrons. The summed E-state index contributed by atoms with van der Waals surface area (Å²) in [6, 6.07) is 5.59. The molecule has 2 aliphatic heterocycles. The first-order chi connectivity index (χ1) is 15.1. The lowest BCUT2D eigenvalue weighted by molar-refractivity contribution is 0.0374. The van der Waals surface area contributed by atoms with E-state index in [0.717, 1.165) is 63.5 Å². The number of amides is 3. The number of carbonyl (C=O) groups is 2. The van der Waals surface area contributed by atoms with E-state index >= 15 is 0 Å². The Morgan fingerprint density at radius 3 is 2.81 bits per heavy atom. The van der Waals surface area contributed by atoms with E-state index in [0.29, 0.717) is 18.8 Å². The third kappa shape index (κ3) is 4.67. The number of carbonyl (C=O) groups excluding carboxylic acids is 2. The fourth-order valence-corrected chi connectivity index (χ4v) is 4.40. The zero-order valence-corrected chi connectivity index (χ0v) is 18.4. The van der Waals surface area contributed by atoms with Crippen molar-refractivity contribution in [2.75, 3.05) is 60.0 Å². The smallest absolute Gasteiger partial charge is 0.320 e. The Labute approximate surface area is 182 Å². The Morgan fingerprint density at radius 2 is 2.03 bits per heavy atom. The highest BCUT2D eigenvalue weighted by atomic mass is 16.5. The molecule has 0 spiro atoms. The zero-order chi connectivity index (χ0) is 21.8. The lowest BCUT2D eigenvalue weighted by Crippen LogP contribution is -2.39. The van der Waals surface area contributed by atoms with E-state index in [1.165, 1.54) is 0 Å². The van der Waals surface area contributed by atoms with Gasteiger partial charge in [0.15, 0.2) is 5.69 Å². The number of nitrogens with one attached hydrogen (secondary N) is 1. The van der Waals surface area contributed by atoms with Crippen LogP contribution in [0.3, 0.4) is 0 Å². The summed E-state index contributed by atoms with van der Waals surface area (Å²) in [7, 11) is 3.52. The van der Waals surface area contributed by atoms with Crippen LogP contribution in [0.5, 0.6) is 0 Å². The molecule has 1 N–H and O–H groups in total. The molecular weight excluding hydrogens is 396 g/mol. The largest absolute Gasteiger partial charge is 0.379 e. The van der Waals surface area contributed by atoms with Gasteiger partial charge in [-0.25, -0.2) is 9.78 Å². The molecule has 0 bridgehead atoms. The Bertz CT molecular complexity index is 921. The van der Waals surface area contributed by atoms with Crippen LogP contribution < -0.4 is 5.32 Å². The van der Waals surface area contributed by atoms with Crippen LogP contribution in [0.25, 0.3) is 5.52 Å². The minimum atomic E-state index is -0.166. The number of ether oxygens (including phenoxy) is 1. The van der Waals surface area contributed by atoms with Crippen molar-refractivity contribution in [2.24, 2.45) is 0 Å². The van der Waals surface area contributed by atoms with Crippen LogP contribution in [0, 0.1) is 0 Å². The molecule has 2 saturated heterocycles. The average molecular weight is 429 g/mol. The van der Waals surface area contributed by atoms with E-state index in [-0.39, 0.29) is 18.0 Å². The molecule has 0 radical (unpaired) electrons. The van der Waals surface area contributed by atoms with Gasteiger partial charge in [-0.15, -0.1) is 0 Å². The summed E-state index contributed by atoms with van der Waals surface area (Å²) in [5.74, 6) is 0.585. The van der Waals surface area contributed by atoms with Crippen LogP contribution in [0.4, 0.5) is 4.79 Å². The number of hydrogen-bond acceptors (Lipinski definition) is 5. The van der Waals surface area contributed by atoms with E-state index in [9.17, 15) is 9.59 Å². The van der Waals surface area contributed by atoms with Gasteiger partial charge in [-0.2, -0.15) is 0 Å². The van der Waals surface area contributed by atoms with Gasteiger partial charge in [-0.3, -0.25) is 9.69 Å². The molecule has 2 aromatic heterocycles. The number of pyridine rings is 1. The highest BCUT2D eigenvalue weighted by Gasteiger charge is 2.34. The average Bonchev–Trinajstić information content (AvgIpc) is 3.41. The number of hydrogen-bond donors (Lipinski definition) is 1. The highest BCUT2D eigenvalue weighted by Crippen LogP contribution is 2.33. The summed E-state index contributed by atoms with van der Waals surface area (Å²) in [6.07, 6.45) is 4.57. The molecule has 0 saturated carbocycles. The lowest BCUT2D eigenvalue weighted by atomic mass is 10.2. The minimum Gasteiger partial charge on any atom is -0.379 e.